The zero-order valence-corrected chi connectivity index (χ0v) is 10.5. The maximum atomic E-state index is 13.1. The highest BCUT2D eigenvalue weighted by Gasteiger charge is 2.17. The number of halogens is 1. The maximum absolute atomic E-state index is 13.1. The van der Waals surface area contributed by atoms with Crippen LogP contribution in [0.15, 0.2) is 24.7 Å². The number of anilines is 1. The second-order valence-corrected chi connectivity index (χ2v) is 4.14. The molecule has 2 aromatic rings. The van der Waals surface area contributed by atoms with Gasteiger partial charge in [-0.1, -0.05) is 0 Å². The number of rotatable bonds is 4. The molecule has 0 saturated heterocycles. The molecule has 0 unspecified atom stereocenters. The molecule has 0 aromatic carbocycles. The van der Waals surface area contributed by atoms with Crippen LogP contribution in [0, 0.1) is 5.82 Å². The number of imidazole rings is 1. The minimum absolute atomic E-state index is 0.170. The van der Waals surface area contributed by atoms with Crippen molar-refractivity contribution in [3.05, 3.63) is 41.9 Å². The largest absolute Gasteiger partial charge is 0.478 e. The third-order valence-corrected chi connectivity index (χ3v) is 2.72. The Bertz CT molecular complexity index is 612. The summed E-state index contributed by atoms with van der Waals surface area (Å²) in [6, 6.07) is 0.958. The van der Waals surface area contributed by atoms with E-state index in [1.54, 1.807) is 24.3 Å². The van der Waals surface area contributed by atoms with Crippen molar-refractivity contribution in [3.63, 3.8) is 0 Å². The summed E-state index contributed by atoms with van der Waals surface area (Å²) in [6.07, 6.45) is 4.44. The first-order valence-corrected chi connectivity index (χ1v) is 5.55. The van der Waals surface area contributed by atoms with E-state index in [9.17, 15) is 9.18 Å². The average Bonchev–Trinajstić information content (AvgIpc) is 2.74. The van der Waals surface area contributed by atoms with Crippen molar-refractivity contribution in [3.8, 4) is 0 Å². The molecule has 0 fully saturated rings. The van der Waals surface area contributed by atoms with Gasteiger partial charge in [0.15, 0.2) is 0 Å². The molecule has 1 N–H and O–H groups in total. The van der Waals surface area contributed by atoms with Gasteiger partial charge in [-0.3, -0.25) is 0 Å². The average molecular weight is 264 g/mol. The molecule has 0 aliphatic heterocycles. The van der Waals surface area contributed by atoms with Crippen molar-refractivity contribution in [2.24, 2.45) is 7.05 Å². The van der Waals surface area contributed by atoms with Crippen molar-refractivity contribution in [2.45, 2.75) is 6.54 Å². The van der Waals surface area contributed by atoms with Gasteiger partial charge in [0.1, 0.15) is 23.0 Å². The zero-order valence-electron chi connectivity index (χ0n) is 10.5. The minimum atomic E-state index is -1.21. The van der Waals surface area contributed by atoms with E-state index in [2.05, 4.69) is 9.97 Å². The van der Waals surface area contributed by atoms with Gasteiger partial charge in [-0.05, 0) is 6.07 Å². The topological polar surface area (TPSA) is 71.2 Å². The number of carbonyl (C=O) groups is 1. The van der Waals surface area contributed by atoms with Gasteiger partial charge in [-0.25, -0.2) is 19.2 Å². The van der Waals surface area contributed by atoms with Crippen LogP contribution in [0.4, 0.5) is 10.2 Å². The number of carboxylic acid groups (broad SMARTS) is 1. The zero-order chi connectivity index (χ0) is 14.0. The molecular weight excluding hydrogens is 251 g/mol. The number of aryl methyl sites for hydroxylation is 1. The van der Waals surface area contributed by atoms with Crippen LogP contribution in [0.1, 0.15) is 16.2 Å². The summed E-state index contributed by atoms with van der Waals surface area (Å²) in [7, 11) is 3.52. The summed E-state index contributed by atoms with van der Waals surface area (Å²) >= 11 is 0. The lowest BCUT2D eigenvalue weighted by molar-refractivity contribution is 0.0696. The molecule has 0 atom stereocenters. The van der Waals surface area contributed by atoms with E-state index in [0.717, 1.165) is 18.1 Å². The Morgan fingerprint density at radius 1 is 1.53 bits per heavy atom. The third kappa shape index (κ3) is 2.70. The van der Waals surface area contributed by atoms with Crippen molar-refractivity contribution in [2.75, 3.05) is 11.9 Å². The molecule has 0 radical (unpaired) electrons. The van der Waals surface area contributed by atoms with Crippen LogP contribution in [0.25, 0.3) is 0 Å². The Morgan fingerprint density at radius 3 is 2.84 bits per heavy atom. The minimum Gasteiger partial charge on any atom is -0.478 e. The van der Waals surface area contributed by atoms with E-state index in [-0.39, 0.29) is 11.4 Å². The van der Waals surface area contributed by atoms with Crippen LogP contribution >= 0.6 is 0 Å². The number of hydrogen-bond donors (Lipinski definition) is 1. The highest BCUT2D eigenvalue weighted by Crippen LogP contribution is 2.18. The van der Waals surface area contributed by atoms with Crippen molar-refractivity contribution < 1.29 is 14.3 Å². The molecule has 0 aliphatic rings. The Morgan fingerprint density at radius 2 is 2.26 bits per heavy atom. The second-order valence-electron chi connectivity index (χ2n) is 4.14. The predicted molar refractivity (Wildman–Crippen MR) is 66.5 cm³/mol. The number of nitrogens with zero attached hydrogens (tertiary/aromatic N) is 4. The second kappa shape index (κ2) is 5.05. The fourth-order valence-electron chi connectivity index (χ4n) is 1.73. The van der Waals surface area contributed by atoms with Crippen LogP contribution in [0.2, 0.25) is 0 Å². The lowest BCUT2D eigenvalue weighted by Crippen LogP contribution is -2.22. The van der Waals surface area contributed by atoms with Gasteiger partial charge in [0.2, 0.25) is 0 Å². The van der Waals surface area contributed by atoms with Crippen LogP contribution in [0.3, 0.4) is 0 Å². The lowest BCUT2D eigenvalue weighted by atomic mass is 10.2. The molecule has 0 saturated carbocycles. The molecule has 7 heteroatoms. The Kier molecular flexibility index (Phi) is 3.46. The molecule has 100 valence electrons. The van der Waals surface area contributed by atoms with Gasteiger partial charge in [-0.2, -0.15) is 0 Å². The van der Waals surface area contributed by atoms with Crippen LogP contribution < -0.4 is 4.90 Å². The number of carboxylic acids is 1. The summed E-state index contributed by atoms with van der Waals surface area (Å²) in [5, 5.41) is 9.07. The van der Waals surface area contributed by atoms with E-state index in [1.807, 2.05) is 11.6 Å². The Hall–Kier alpha value is -2.44. The third-order valence-electron chi connectivity index (χ3n) is 2.72. The molecular formula is C12H13FN4O2. The van der Waals surface area contributed by atoms with Crippen LogP contribution in [-0.4, -0.2) is 32.7 Å². The monoisotopic (exact) mass is 264 g/mol. The lowest BCUT2D eigenvalue weighted by Gasteiger charge is -2.19. The SMILES string of the molecule is CN(Cc1nccn1C)c1ncc(F)cc1C(=O)O. The quantitative estimate of drug-likeness (QED) is 0.901. The molecule has 2 rings (SSSR count). The maximum Gasteiger partial charge on any atom is 0.339 e. The predicted octanol–water partition coefficient (Wildman–Crippen LogP) is 1.29. The summed E-state index contributed by atoms with van der Waals surface area (Å²) in [4.78, 5) is 20.7. The number of aromatic nitrogens is 3. The van der Waals surface area contributed by atoms with E-state index in [0.29, 0.717) is 6.54 Å². The van der Waals surface area contributed by atoms with Crippen LogP contribution in [-0.2, 0) is 13.6 Å². The fourth-order valence-corrected chi connectivity index (χ4v) is 1.73. The smallest absolute Gasteiger partial charge is 0.339 e. The summed E-state index contributed by atoms with van der Waals surface area (Å²) in [5.74, 6) is -0.929. The normalized spacial score (nSPS) is 10.5. The van der Waals surface area contributed by atoms with Crippen molar-refractivity contribution in [1.29, 1.82) is 0 Å². The van der Waals surface area contributed by atoms with E-state index in [1.165, 1.54) is 0 Å². The highest BCUT2D eigenvalue weighted by atomic mass is 19.1. The number of hydrogen-bond acceptors (Lipinski definition) is 4. The molecule has 19 heavy (non-hydrogen) atoms. The first kappa shape index (κ1) is 13.0. The Balaban J connectivity index is 2.31. The molecule has 2 heterocycles. The molecule has 0 amide bonds. The van der Waals surface area contributed by atoms with Gasteiger partial charge in [0.25, 0.3) is 0 Å². The molecule has 0 aliphatic carbocycles. The molecule has 0 spiro atoms. The standard InChI is InChI=1S/C12H13FN4O2/c1-16-4-3-14-10(16)7-17(2)11-9(12(18)19)5-8(13)6-15-11/h3-6H,7H2,1-2H3,(H,18,19). The Labute approximate surface area is 109 Å². The summed E-state index contributed by atoms with van der Waals surface area (Å²) in [5.41, 5.74) is -0.170. The number of aromatic carboxylic acids is 1. The van der Waals surface area contributed by atoms with Crippen molar-refractivity contribution >= 4 is 11.8 Å². The van der Waals surface area contributed by atoms with Gasteiger partial charge in [0, 0.05) is 26.5 Å². The fraction of sp³-hybridized carbons (Fsp3) is 0.250. The van der Waals surface area contributed by atoms with E-state index < -0.39 is 11.8 Å². The van der Waals surface area contributed by atoms with Gasteiger partial charge in [-0.15, -0.1) is 0 Å². The molecule has 6 nitrogen and oxygen atoms in total. The first-order chi connectivity index (χ1) is 8.99. The van der Waals surface area contributed by atoms with E-state index in [4.69, 9.17) is 5.11 Å². The first-order valence-electron chi connectivity index (χ1n) is 5.55. The van der Waals surface area contributed by atoms with Gasteiger partial charge < -0.3 is 14.6 Å². The van der Waals surface area contributed by atoms with Gasteiger partial charge in [0.05, 0.1) is 12.7 Å². The highest BCUT2D eigenvalue weighted by molar-refractivity contribution is 5.93. The van der Waals surface area contributed by atoms with Gasteiger partial charge >= 0.3 is 5.97 Å². The van der Waals surface area contributed by atoms with E-state index >= 15 is 0 Å². The number of pyridine rings is 1. The summed E-state index contributed by atoms with van der Waals surface area (Å²) in [6.45, 7) is 0.377. The summed E-state index contributed by atoms with van der Waals surface area (Å²) < 4.78 is 14.9. The van der Waals surface area contributed by atoms with Crippen molar-refractivity contribution in [1.82, 2.24) is 14.5 Å². The van der Waals surface area contributed by atoms with Crippen LogP contribution in [0.5, 0.6) is 0 Å². The molecule has 0 bridgehead atoms. The molecule has 2 aromatic heterocycles.